The van der Waals surface area contributed by atoms with Crippen molar-refractivity contribution in [2.24, 2.45) is 0 Å². The Morgan fingerprint density at radius 3 is 2.43 bits per heavy atom. The topological polar surface area (TPSA) is 58.4 Å². The van der Waals surface area contributed by atoms with Crippen LogP contribution in [-0.4, -0.2) is 57.2 Å². The molecule has 7 heteroatoms. The van der Waals surface area contributed by atoms with E-state index in [-0.39, 0.29) is 29.6 Å². The second-order valence-corrected chi connectivity index (χ2v) is 8.92. The molecule has 2 aromatic heterocycles. The van der Waals surface area contributed by atoms with E-state index in [2.05, 4.69) is 37.7 Å². The normalized spacial score (nSPS) is 16.1. The highest BCUT2D eigenvalue weighted by atomic mass is 32.1. The molecule has 6 nitrogen and oxygen atoms in total. The first-order valence-electron chi connectivity index (χ1n) is 10.0. The third-order valence-corrected chi connectivity index (χ3v) is 6.15. The van der Waals surface area contributed by atoms with Gasteiger partial charge in [-0.1, -0.05) is 6.07 Å². The van der Waals surface area contributed by atoms with E-state index in [0.717, 1.165) is 36.5 Å². The number of hydrogen-bond acceptors (Lipinski definition) is 5. The highest BCUT2D eigenvalue weighted by Crippen LogP contribution is 2.24. The number of carbonyl (C=O) groups excluding carboxylic acids is 1. The Labute approximate surface area is 170 Å². The SMILES string of the molecule is CC(C)N(C(=O)CN1CCC(n2nc(-c3cccs3)ccc2=O)CC1)C(C)C. The third-order valence-electron chi connectivity index (χ3n) is 5.26. The molecule has 1 amide bonds. The fourth-order valence-corrected chi connectivity index (χ4v) is 4.70. The summed E-state index contributed by atoms with van der Waals surface area (Å²) in [4.78, 5) is 30.3. The predicted molar refractivity (Wildman–Crippen MR) is 114 cm³/mol. The van der Waals surface area contributed by atoms with Crippen molar-refractivity contribution in [3.8, 4) is 10.6 Å². The summed E-state index contributed by atoms with van der Waals surface area (Å²) in [6.45, 7) is 10.3. The maximum atomic E-state index is 12.7. The van der Waals surface area contributed by atoms with Gasteiger partial charge in [-0.25, -0.2) is 4.68 Å². The van der Waals surface area contributed by atoms with Gasteiger partial charge >= 0.3 is 0 Å². The number of hydrogen-bond donors (Lipinski definition) is 0. The molecule has 28 heavy (non-hydrogen) atoms. The lowest BCUT2D eigenvalue weighted by Crippen LogP contribution is -2.49. The van der Waals surface area contributed by atoms with Crippen molar-refractivity contribution in [3.05, 3.63) is 40.0 Å². The Morgan fingerprint density at radius 2 is 1.86 bits per heavy atom. The van der Waals surface area contributed by atoms with Crippen molar-refractivity contribution in [1.82, 2.24) is 19.6 Å². The summed E-state index contributed by atoms with van der Waals surface area (Å²) < 4.78 is 1.64. The number of piperidine rings is 1. The molecule has 2 aromatic rings. The molecule has 0 saturated carbocycles. The van der Waals surface area contributed by atoms with Crippen molar-refractivity contribution in [2.45, 2.75) is 58.7 Å². The first kappa shape index (κ1) is 20.7. The van der Waals surface area contributed by atoms with Crippen LogP contribution in [0.1, 0.15) is 46.6 Å². The van der Waals surface area contributed by atoms with Crippen molar-refractivity contribution >= 4 is 17.2 Å². The molecule has 0 N–H and O–H groups in total. The molecule has 1 aliphatic rings. The molecule has 1 fully saturated rings. The number of nitrogens with zero attached hydrogens (tertiary/aromatic N) is 4. The summed E-state index contributed by atoms with van der Waals surface area (Å²) in [5.74, 6) is 0.179. The summed E-state index contributed by atoms with van der Waals surface area (Å²) in [7, 11) is 0. The van der Waals surface area contributed by atoms with E-state index in [1.807, 2.05) is 22.4 Å². The van der Waals surface area contributed by atoms with Crippen LogP contribution in [0.2, 0.25) is 0 Å². The average Bonchev–Trinajstić information content (AvgIpc) is 3.17. The van der Waals surface area contributed by atoms with Crippen LogP contribution in [-0.2, 0) is 4.79 Å². The summed E-state index contributed by atoms with van der Waals surface area (Å²) in [5.41, 5.74) is 0.789. The molecule has 3 rings (SSSR count). The number of amides is 1. The summed E-state index contributed by atoms with van der Waals surface area (Å²) >= 11 is 1.62. The van der Waals surface area contributed by atoms with Crippen LogP contribution >= 0.6 is 11.3 Å². The Kier molecular flexibility index (Phi) is 6.67. The van der Waals surface area contributed by atoms with E-state index in [1.54, 1.807) is 28.2 Å². The Bertz CT molecular complexity index is 828. The molecular weight excluding hydrogens is 372 g/mol. The van der Waals surface area contributed by atoms with E-state index in [0.29, 0.717) is 6.54 Å². The Balaban J connectivity index is 1.64. The van der Waals surface area contributed by atoms with E-state index in [4.69, 9.17) is 0 Å². The minimum atomic E-state index is -0.0550. The number of carbonyl (C=O) groups is 1. The smallest absolute Gasteiger partial charge is 0.267 e. The maximum Gasteiger partial charge on any atom is 0.267 e. The lowest BCUT2D eigenvalue weighted by Gasteiger charge is -2.36. The van der Waals surface area contributed by atoms with Gasteiger partial charge in [-0.2, -0.15) is 5.10 Å². The van der Waals surface area contributed by atoms with E-state index < -0.39 is 0 Å². The van der Waals surface area contributed by atoms with Gasteiger partial charge < -0.3 is 4.90 Å². The third kappa shape index (κ3) is 4.70. The van der Waals surface area contributed by atoms with Gasteiger partial charge in [0.1, 0.15) is 5.69 Å². The number of likely N-dealkylation sites (tertiary alicyclic amines) is 1. The van der Waals surface area contributed by atoms with Crippen molar-refractivity contribution in [2.75, 3.05) is 19.6 Å². The lowest BCUT2D eigenvalue weighted by molar-refractivity contribution is -0.136. The summed E-state index contributed by atoms with van der Waals surface area (Å²) in [6.07, 6.45) is 1.66. The largest absolute Gasteiger partial charge is 0.337 e. The van der Waals surface area contributed by atoms with E-state index >= 15 is 0 Å². The van der Waals surface area contributed by atoms with Crippen molar-refractivity contribution < 1.29 is 4.79 Å². The lowest BCUT2D eigenvalue weighted by atomic mass is 10.0. The predicted octanol–water partition coefficient (Wildman–Crippen LogP) is 3.25. The van der Waals surface area contributed by atoms with Gasteiger partial charge in [0.25, 0.3) is 5.56 Å². The molecule has 0 aliphatic carbocycles. The number of thiophene rings is 1. The zero-order valence-electron chi connectivity index (χ0n) is 17.2. The molecule has 0 spiro atoms. The van der Waals surface area contributed by atoms with E-state index in [9.17, 15) is 9.59 Å². The van der Waals surface area contributed by atoms with Crippen LogP contribution in [0.4, 0.5) is 0 Å². The minimum Gasteiger partial charge on any atom is -0.337 e. The highest BCUT2D eigenvalue weighted by Gasteiger charge is 2.27. The molecular formula is C21H30N4O2S. The molecule has 0 radical (unpaired) electrons. The highest BCUT2D eigenvalue weighted by molar-refractivity contribution is 7.13. The van der Waals surface area contributed by atoms with Crippen LogP contribution in [0.3, 0.4) is 0 Å². The maximum absolute atomic E-state index is 12.7. The monoisotopic (exact) mass is 402 g/mol. The van der Waals surface area contributed by atoms with Crippen molar-refractivity contribution in [3.63, 3.8) is 0 Å². The second-order valence-electron chi connectivity index (χ2n) is 7.97. The fourth-order valence-electron chi connectivity index (χ4n) is 4.01. The zero-order chi connectivity index (χ0) is 20.3. The summed E-state index contributed by atoms with van der Waals surface area (Å²) in [6, 6.07) is 7.91. The van der Waals surface area contributed by atoms with Crippen LogP contribution in [0.15, 0.2) is 34.4 Å². The van der Waals surface area contributed by atoms with E-state index in [1.165, 1.54) is 0 Å². The van der Waals surface area contributed by atoms with Crippen LogP contribution in [0, 0.1) is 0 Å². The van der Waals surface area contributed by atoms with Crippen molar-refractivity contribution in [1.29, 1.82) is 0 Å². The Hall–Kier alpha value is -1.99. The molecule has 0 unspecified atom stereocenters. The van der Waals surface area contributed by atoms with Gasteiger partial charge in [0, 0.05) is 31.2 Å². The molecule has 0 atom stereocenters. The van der Waals surface area contributed by atoms with Gasteiger partial charge in [0.15, 0.2) is 0 Å². The average molecular weight is 403 g/mol. The van der Waals surface area contributed by atoms with Crippen LogP contribution < -0.4 is 5.56 Å². The van der Waals surface area contributed by atoms with Gasteiger partial charge in [-0.05, 0) is 58.0 Å². The number of aromatic nitrogens is 2. The molecule has 0 aromatic carbocycles. The van der Waals surface area contributed by atoms with Crippen LogP contribution in [0.5, 0.6) is 0 Å². The van der Waals surface area contributed by atoms with Crippen LogP contribution in [0.25, 0.3) is 10.6 Å². The Morgan fingerprint density at radius 1 is 1.18 bits per heavy atom. The van der Waals surface area contributed by atoms with Gasteiger partial charge in [0.2, 0.25) is 5.91 Å². The molecule has 1 saturated heterocycles. The molecule has 0 bridgehead atoms. The standard InChI is InChI=1S/C21H30N4O2S/c1-15(2)24(16(3)4)21(27)14-23-11-9-17(10-12-23)25-20(26)8-7-18(22-25)19-6-5-13-28-19/h5-8,13,15-17H,9-12,14H2,1-4H3. The van der Waals surface area contributed by atoms with Gasteiger partial charge in [0.05, 0.1) is 17.5 Å². The zero-order valence-corrected chi connectivity index (χ0v) is 18.0. The first-order valence-corrected chi connectivity index (χ1v) is 10.9. The van der Waals surface area contributed by atoms with Gasteiger partial charge in [-0.3, -0.25) is 14.5 Å². The first-order chi connectivity index (χ1) is 13.4. The molecule has 152 valence electrons. The number of rotatable bonds is 6. The quantitative estimate of drug-likeness (QED) is 0.744. The molecule has 1 aliphatic heterocycles. The molecule has 3 heterocycles. The fraction of sp³-hybridized carbons (Fsp3) is 0.571. The van der Waals surface area contributed by atoms with Gasteiger partial charge in [-0.15, -0.1) is 11.3 Å². The minimum absolute atomic E-state index is 0.0550. The summed E-state index contributed by atoms with van der Waals surface area (Å²) in [5, 5.41) is 6.63. The second kappa shape index (κ2) is 9.01.